The predicted molar refractivity (Wildman–Crippen MR) is 79.3 cm³/mol. The van der Waals surface area contributed by atoms with Crippen LogP contribution in [-0.2, 0) is 11.2 Å². The van der Waals surface area contributed by atoms with Gasteiger partial charge in [-0.15, -0.1) is 0 Å². The summed E-state index contributed by atoms with van der Waals surface area (Å²) < 4.78 is 0. The summed E-state index contributed by atoms with van der Waals surface area (Å²) in [6, 6.07) is 10.3. The van der Waals surface area contributed by atoms with Crippen molar-refractivity contribution in [2.45, 2.75) is 52.1 Å². The largest absolute Gasteiger partial charge is 0.393 e. The first kappa shape index (κ1) is 13.8. The Kier molecular flexibility index (Phi) is 3.24. The van der Waals surface area contributed by atoms with Gasteiger partial charge in [0.15, 0.2) is 0 Å². The Labute approximate surface area is 121 Å². The minimum absolute atomic E-state index is 0.0720. The highest BCUT2D eigenvalue weighted by Gasteiger charge is 2.58. The SMILES string of the molecule is CC1(Cc2ccccc2)C(=O)CCC2(C)C(O)CCC12. The van der Waals surface area contributed by atoms with Crippen molar-refractivity contribution in [3.05, 3.63) is 35.9 Å². The Morgan fingerprint density at radius 3 is 2.60 bits per heavy atom. The monoisotopic (exact) mass is 272 g/mol. The molecule has 0 aliphatic heterocycles. The summed E-state index contributed by atoms with van der Waals surface area (Å²) in [6.07, 6.45) is 3.86. The first-order valence-electron chi connectivity index (χ1n) is 7.72. The van der Waals surface area contributed by atoms with Gasteiger partial charge in [-0.25, -0.2) is 0 Å². The Morgan fingerprint density at radius 2 is 1.90 bits per heavy atom. The molecule has 1 aromatic rings. The zero-order valence-electron chi connectivity index (χ0n) is 12.4. The molecule has 2 heteroatoms. The van der Waals surface area contributed by atoms with Gasteiger partial charge in [-0.2, -0.15) is 0 Å². The van der Waals surface area contributed by atoms with Gasteiger partial charge in [0, 0.05) is 11.8 Å². The molecule has 0 saturated heterocycles. The molecule has 0 amide bonds. The maximum Gasteiger partial charge on any atom is 0.139 e. The number of rotatable bonds is 2. The first-order valence-corrected chi connectivity index (χ1v) is 7.72. The number of Topliss-reactive ketones (excluding diaryl/α,β-unsaturated/α-hetero) is 1. The number of carbonyl (C=O) groups is 1. The summed E-state index contributed by atoms with van der Waals surface area (Å²) in [6.45, 7) is 4.31. The van der Waals surface area contributed by atoms with E-state index >= 15 is 0 Å². The average molecular weight is 272 g/mol. The fraction of sp³-hybridized carbons (Fsp3) is 0.611. The van der Waals surface area contributed by atoms with Crippen LogP contribution < -0.4 is 0 Å². The minimum atomic E-state index is -0.314. The van der Waals surface area contributed by atoms with Crippen LogP contribution in [0.4, 0.5) is 0 Å². The zero-order chi connectivity index (χ0) is 14.4. The Hall–Kier alpha value is -1.15. The smallest absolute Gasteiger partial charge is 0.139 e. The molecule has 108 valence electrons. The van der Waals surface area contributed by atoms with Gasteiger partial charge >= 0.3 is 0 Å². The number of benzene rings is 1. The highest BCUT2D eigenvalue weighted by Crippen LogP contribution is 2.58. The lowest BCUT2D eigenvalue weighted by atomic mass is 9.54. The molecule has 2 aliphatic rings. The summed E-state index contributed by atoms with van der Waals surface area (Å²) in [5, 5.41) is 10.4. The zero-order valence-corrected chi connectivity index (χ0v) is 12.4. The predicted octanol–water partition coefficient (Wildman–Crippen LogP) is 3.38. The van der Waals surface area contributed by atoms with Crippen molar-refractivity contribution in [3.63, 3.8) is 0 Å². The topological polar surface area (TPSA) is 37.3 Å². The van der Waals surface area contributed by atoms with Crippen molar-refractivity contribution in [1.82, 2.24) is 0 Å². The van der Waals surface area contributed by atoms with Crippen LogP contribution in [0.1, 0.15) is 45.1 Å². The molecular weight excluding hydrogens is 248 g/mol. The molecule has 0 radical (unpaired) electrons. The minimum Gasteiger partial charge on any atom is -0.393 e. The van der Waals surface area contributed by atoms with Crippen molar-refractivity contribution in [2.24, 2.45) is 16.7 Å². The number of fused-ring (bicyclic) bond motifs is 1. The van der Waals surface area contributed by atoms with Gasteiger partial charge in [-0.05, 0) is 42.6 Å². The molecule has 4 atom stereocenters. The molecule has 0 heterocycles. The lowest BCUT2D eigenvalue weighted by Gasteiger charge is -2.49. The van der Waals surface area contributed by atoms with E-state index in [0.29, 0.717) is 18.1 Å². The quantitative estimate of drug-likeness (QED) is 0.896. The van der Waals surface area contributed by atoms with Crippen LogP contribution >= 0.6 is 0 Å². The third-order valence-corrected chi connectivity index (χ3v) is 6.00. The maximum absolute atomic E-state index is 12.6. The van der Waals surface area contributed by atoms with E-state index in [4.69, 9.17) is 0 Å². The van der Waals surface area contributed by atoms with E-state index < -0.39 is 0 Å². The summed E-state index contributed by atoms with van der Waals surface area (Å²) in [5.41, 5.74) is 0.845. The van der Waals surface area contributed by atoms with Crippen molar-refractivity contribution >= 4 is 5.78 Å². The van der Waals surface area contributed by atoms with E-state index in [1.807, 2.05) is 18.2 Å². The number of ketones is 1. The Balaban J connectivity index is 1.95. The molecule has 2 nitrogen and oxygen atoms in total. The van der Waals surface area contributed by atoms with E-state index in [2.05, 4.69) is 26.0 Å². The summed E-state index contributed by atoms with van der Waals surface area (Å²) in [7, 11) is 0. The molecule has 2 fully saturated rings. The van der Waals surface area contributed by atoms with Crippen LogP contribution in [0.5, 0.6) is 0 Å². The highest BCUT2D eigenvalue weighted by molar-refractivity contribution is 5.86. The molecule has 2 aliphatic carbocycles. The number of carbonyl (C=O) groups excluding carboxylic acids is 1. The van der Waals surface area contributed by atoms with Crippen molar-refractivity contribution in [1.29, 1.82) is 0 Å². The molecule has 1 N–H and O–H groups in total. The highest BCUT2D eigenvalue weighted by atomic mass is 16.3. The van der Waals surface area contributed by atoms with Gasteiger partial charge in [0.25, 0.3) is 0 Å². The molecule has 1 aromatic carbocycles. The van der Waals surface area contributed by atoms with Gasteiger partial charge in [-0.3, -0.25) is 4.79 Å². The molecule has 20 heavy (non-hydrogen) atoms. The summed E-state index contributed by atoms with van der Waals surface area (Å²) >= 11 is 0. The maximum atomic E-state index is 12.6. The van der Waals surface area contributed by atoms with Crippen molar-refractivity contribution in [3.8, 4) is 0 Å². The third kappa shape index (κ3) is 1.93. The van der Waals surface area contributed by atoms with Crippen LogP contribution in [0.25, 0.3) is 0 Å². The van der Waals surface area contributed by atoms with E-state index in [0.717, 1.165) is 25.7 Å². The van der Waals surface area contributed by atoms with E-state index in [9.17, 15) is 9.90 Å². The van der Waals surface area contributed by atoms with Crippen LogP contribution in [0, 0.1) is 16.7 Å². The fourth-order valence-electron chi connectivity index (χ4n) is 4.71. The molecule has 3 rings (SSSR count). The number of hydrogen-bond acceptors (Lipinski definition) is 2. The van der Waals surface area contributed by atoms with Gasteiger partial charge < -0.3 is 5.11 Å². The first-order chi connectivity index (χ1) is 9.47. The van der Waals surface area contributed by atoms with Crippen molar-refractivity contribution in [2.75, 3.05) is 0 Å². The average Bonchev–Trinajstić information content (AvgIpc) is 2.74. The third-order valence-electron chi connectivity index (χ3n) is 6.00. The van der Waals surface area contributed by atoms with E-state index in [1.165, 1.54) is 5.56 Å². The number of aliphatic hydroxyl groups is 1. The second-order valence-electron chi connectivity index (χ2n) is 7.15. The van der Waals surface area contributed by atoms with Gasteiger partial charge in [-0.1, -0.05) is 44.2 Å². The lowest BCUT2D eigenvalue weighted by Crippen LogP contribution is -2.50. The van der Waals surface area contributed by atoms with Crippen LogP contribution in [0.3, 0.4) is 0 Å². The van der Waals surface area contributed by atoms with E-state index in [1.54, 1.807) is 0 Å². The van der Waals surface area contributed by atoms with Crippen molar-refractivity contribution < 1.29 is 9.90 Å². The molecule has 0 aromatic heterocycles. The standard InChI is InChI=1S/C18H24O2/c1-17-11-10-16(20)18(2,14(17)8-9-15(17)19)12-13-6-4-3-5-7-13/h3-7,14-15,19H,8-12H2,1-2H3. The van der Waals surface area contributed by atoms with Crippen LogP contribution in [0.2, 0.25) is 0 Å². The summed E-state index contributed by atoms with van der Waals surface area (Å²) in [5.74, 6) is 0.699. The van der Waals surface area contributed by atoms with Gasteiger partial charge in [0.05, 0.1) is 6.10 Å². The van der Waals surface area contributed by atoms with Crippen LogP contribution in [-0.4, -0.2) is 17.0 Å². The Bertz CT molecular complexity index is 509. The normalized spacial score (nSPS) is 40.6. The fourth-order valence-corrected chi connectivity index (χ4v) is 4.71. The molecule has 0 spiro atoms. The summed E-state index contributed by atoms with van der Waals surface area (Å²) in [4.78, 5) is 12.6. The second-order valence-corrected chi connectivity index (χ2v) is 7.15. The number of aliphatic hydroxyl groups excluding tert-OH is 1. The molecular formula is C18H24O2. The second kappa shape index (κ2) is 4.70. The van der Waals surface area contributed by atoms with E-state index in [-0.39, 0.29) is 16.9 Å². The van der Waals surface area contributed by atoms with Gasteiger partial charge in [0.2, 0.25) is 0 Å². The van der Waals surface area contributed by atoms with Gasteiger partial charge in [0.1, 0.15) is 5.78 Å². The van der Waals surface area contributed by atoms with Crippen LogP contribution in [0.15, 0.2) is 30.3 Å². The molecule has 4 unspecified atom stereocenters. The number of hydrogen-bond donors (Lipinski definition) is 1. The molecule has 0 bridgehead atoms. The lowest BCUT2D eigenvalue weighted by molar-refractivity contribution is -0.143. The Morgan fingerprint density at radius 1 is 1.20 bits per heavy atom. The molecule has 2 saturated carbocycles.